The number of para-hydroxylation sites is 1. The number of fused-ring (bicyclic) bond motifs is 3. The summed E-state index contributed by atoms with van der Waals surface area (Å²) >= 11 is 13.0. The number of aromatic nitrogens is 1. The van der Waals surface area contributed by atoms with E-state index in [9.17, 15) is 8.42 Å². The molecule has 3 heterocycles. The quantitative estimate of drug-likeness (QED) is 0.714. The molecule has 120 valence electrons. The first-order valence-corrected chi connectivity index (χ1v) is 10.0. The Balaban J connectivity index is 1.74. The Morgan fingerprint density at radius 1 is 1.22 bits per heavy atom. The van der Waals surface area contributed by atoms with Crippen molar-refractivity contribution in [3.8, 4) is 0 Å². The number of hydrogen-bond acceptors (Lipinski definition) is 3. The SMILES string of the molecule is O=S(=O)(c1cc(Cl)sc1Cl)N1CCc2c([nH]c3ccccc23)C1. The van der Waals surface area contributed by atoms with Crippen LogP contribution in [0.5, 0.6) is 0 Å². The highest BCUT2D eigenvalue weighted by molar-refractivity contribution is 7.89. The highest BCUT2D eigenvalue weighted by Gasteiger charge is 2.32. The molecular weight excluding hydrogens is 375 g/mol. The number of halogens is 2. The largest absolute Gasteiger partial charge is 0.357 e. The number of hydrogen-bond donors (Lipinski definition) is 1. The highest BCUT2D eigenvalue weighted by Crippen LogP contribution is 2.37. The van der Waals surface area contributed by atoms with Crippen molar-refractivity contribution in [1.82, 2.24) is 9.29 Å². The Hall–Kier alpha value is -1.05. The van der Waals surface area contributed by atoms with Crippen molar-refractivity contribution in [3.63, 3.8) is 0 Å². The van der Waals surface area contributed by atoms with Crippen molar-refractivity contribution < 1.29 is 8.42 Å². The fraction of sp³-hybridized carbons (Fsp3) is 0.200. The lowest BCUT2D eigenvalue weighted by Gasteiger charge is -2.26. The summed E-state index contributed by atoms with van der Waals surface area (Å²) in [6, 6.07) is 9.44. The predicted octanol–water partition coefficient (Wildman–Crippen LogP) is 4.28. The van der Waals surface area contributed by atoms with Gasteiger partial charge in [0, 0.05) is 23.1 Å². The second-order valence-corrected chi connectivity index (χ2v) is 9.60. The van der Waals surface area contributed by atoms with Crippen LogP contribution in [0.3, 0.4) is 0 Å². The maximum atomic E-state index is 12.8. The number of nitrogens with zero attached hydrogens (tertiary/aromatic N) is 1. The smallest absolute Gasteiger partial charge is 0.245 e. The Morgan fingerprint density at radius 3 is 2.74 bits per heavy atom. The molecule has 0 atom stereocenters. The molecule has 3 aromatic rings. The minimum absolute atomic E-state index is 0.0914. The summed E-state index contributed by atoms with van der Waals surface area (Å²) < 4.78 is 27.7. The summed E-state index contributed by atoms with van der Waals surface area (Å²) in [7, 11) is -3.64. The Kier molecular flexibility index (Phi) is 3.70. The van der Waals surface area contributed by atoms with Gasteiger partial charge in [-0.15, -0.1) is 11.3 Å². The van der Waals surface area contributed by atoms with E-state index in [1.165, 1.54) is 15.9 Å². The summed E-state index contributed by atoms with van der Waals surface area (Å²) in [6.45, 7) is 0.747. The lowest BCUT2D eigenvalue weighted by atomic mass is 10.1. The van der Waals surface area contributed by atoms with Gasteiger partial charge in [0.25, 0.3) is 0 Å². The first-order valence-electron chi connectivity index (χ1n) is 7.00. The molecule has 2 aromatic heterocycles. The molecule has 0 saturated carbocycles. The van der Waals surface area contributed by atoms with Crippen LogP contribution in [0.15, 0.2) is 35.2 Å². The van der Waals surface area contributed by atoms with Crippen LogP contribution < -0.4 is 0 Å². The van der Waals surface area contributed by atoms with Crippen molar-refractivity contribution in [2.45, 2.75) is 17.9 Å². The third-order valence-corrected chi connectivity index (χ3v) is 7.69. The van der Waals surface area contributed by atoms with Crippen molar-refractivity contribution in [1.29, 1.82) is 0 Å². The predicted molar refractivity (Wildman–Crippen MR) is 93.9 cm³/mol. The standard InChI is InChI=1S/C15H12Cl2N2O2S2/c16-14-7-13(15(17)22-14)23(20,21)19-6-5-10-9-3-1-2-4-11(9)18-12(10)8-19/h1-4,7,18H,5-6,8H2. The van der Waals surface area contributed by atoms with Crippen LogP contribution in [0.4, 0.5) is 0 Å². The molecule has 0 radical (unpaired) electrons. The van der Waals surface area contributed by atoms with Crippen molar-refractivity contribution in [2.24, 2.45) is 0 Å². The Bertz CT molecular complexity index is 1010. The molecule has 8 heteroatoms. The second kappa shape index (κ2) is 5.50. The highest BCUT2D eigenvalue weighted by atomic mass is 35.5. The molecule has 4 rings (SSSR count). The third kappa shape index (κ3) is 2.49. The molecule has 0 spiro atoms. The van der Waals surface area contributed by atoms with Crippen LogP contribution in [0.1, 0.15) is 11.3 Å². The zero-order chi connectivity index (χ0) is 16.2. The number of benzene rings is 1. The van der Waals surface area contributed by atoms with E-state index in [0.29, 0.717) is 23.8 Å². The van der Waals surface area contributed by atoms with Gasteiger partial charge in [0.2, 0.25) is 10.0 Å². The number of rotatable bonds is 2. The molecule has 1 aliphatic rings. The summed E-state index contributed by atoms with van der Waals surface area (Å²) in [5.74, 6) is 0. The summed E-state index contributed by atoms with van der Waals surface area (Å²) in [4.78, 5) is 3.42. The first-order chi connectivity index (χ1) is 11.0. The van der Waals surface area contributed by atoms with E-state index < -0.39 is 10.0 Å². The van der Waals surface area contributed by atoms with Gasteiger partial charge in [-0.3, -0.25) is 0 Å². The molecule has 1 aromatic carbocycles. The second-order valence-electron chi connectivity index (χ2n) is 5.40. The van der Waals surface area contributed by atoms with E-state index in [-0.39, 0.29) is 9.23 Å². The lowest BCUT2D eigenvalue weighted by molar-refractivity contribution is 0.388. The number of thiophene rings is 1. The monoisotopic (exact) mass is 386 g/mol. The van der Waals surface area contributed by atoms with E-state index in [1.54, 1.807) is 0 Å². The van der Waals surface area contributed by atoms with Crippen LogP contribution >= 0.6 is 34.5 Å². The van der Waals surface area contributed by atoms with Gasteiger partial charge in [0.05, 0.1) is 10.9 Å². The van der Waals surface area contributed by atoms with Gasteiger partial charge in [-0.1, -0.05) is 41.4 Å². The molecule has 0 bridgehead atoms. The van der Waals surface area contributed by atoms with Gasteiger partial charge in [-0.2, -0.15) is 4.31 Å². The van der Waals surface area contributed by atoms with Gasteiger partial charge in [0.15, 0.2) is 0 Å². The topological polar surface area (TPSA) is 53.2 Å². The Labute approximate surface area is 147 Å². The van der Waals surface area contributed by atoms with Crippen molar-refractivity contribution in [2.75, 3.05) is 6.54 Å². The van der Waals surface area contributed by atoms with Crippen molar-refractivity contribution in [3.05, 3.63) is 50.3 Å². The van der Waals surface area contributed by atoms with Crippen molar-refractivity contribution >= 4 is 55.5 Å². The van der Waals surface area contributed by atoms with Crippen LogP contribution in [0.25, 0.3) is 10.9 Å². The fourth-order valence-electron chi connectivity index (χ4n) is 3.01. The van der Waals surface area contributed by atoms with E-state index in [2.05, 4.69) is 11.1 Å². The van der Waals surface area contributed by atoms with Crippen LogP contribution in [0.2, 0.25) is 8.67 Å². The molecule has 4 nitrogen and oxygen atoms in total. The summed E-state index contributed by atoms with van der Waals surface area (Å²) in [5, 5.41) is 1.16. The molecule has 0 fully saturated rings. The van der Waals surface area contributed by atoms with Gasteiger partial charge in [-0.05, 0) is 24.1 Å². The number of sulfonamides is 1. The minimum atomic E-state index is -3.64. The molecule has 0 saturated heterocycles. The molecule has 1 N–H and O–H groups in total. The van der Waals surface area contributed by atoms with Crippen LogP contribution in [-0.4, -0.2) is 24.3 Å². The molecule has 0 aliphatic carbocycles. The van der Waals surface area contributed by atoms with E-state index in [0.717, 1.165) is 27.9 Å². The minimum Gasteiger partial charge on any atom is -0.357 e. The molecule has 1 aliphatic heterocycles. The molecule has 0 unspecified atom stereocenters. The van der Waals surface area contributed by atoms with Gasteiger partial charge in [-0.25, -0.2) is 8.42 Å². The maximum Gasteiger partial charge on any atom is 0.245 e. The number of nitrogens with one attached hydrogen (secondary N) is 1. The average molecular weight is 387 g/mol. The van der Waals surface area contributed by atoms with E-state index >= 15 is 0 Å². The van der Waals surface area contributed by atoms with Gasteiger partial charge in [0.1, 0.15) is 9.23 Å². The normalized spacial score (nSPS) is 15.9. The number of H-pyrrole nitrogens is 1. The Morgan fingerprint density at radius 2 is 2.00 bits per heavy atom. The zero-order valence-electron chi connectivity index (χ0n) is 11.8. The molecule has 23 heavy (non-hydrogen) atoms. The van der Waals surface area contributed by atoms with Crippen LogP contribution in [-0.2, 0) is 23.0 Å². The average Bonchev–Trinajstić information content (AvgIpc) is 3.06. The summed E-state index contributed by atoms with van der Waals surface area (Å²) in [6.07, 6.45) is 0.675. The first kappa shape index (κ1) is 15.5. The fourth-order valence-corrected chi connectivity index (χ4v) is 6.54. The molecular formula is C15H12Cl2N2O2S2. The number of aromatic amines is 1. The summed E-state index contributed by atoms with van der Waals surface area (Å²) in [5.41, 5.74) is 3.17. The maximum absolute atomic E-state index is 12.8. The van der Waals surface area contributed by atoms with E-state index in [4.69, 9.17) is 23.2 Å². The zero-order valence-corrected chi connectivity index (χ0v) is 15.0. The van der Waals surface area contributed by atoms with Gasteiger partial charge < -0.3 is 4.98 Å². The van der Waals surface area contributed by atoms with Gasteiger partial charge >= 0.3 is 0 Å². The molecule has 0 amide bonds. The lowest BCUT2D eigenvalue weighted by Crippen LogP contribution is -2.35. The van der Waals surface area contributed by atoms with E-state index in [1.807, 2.05) is 18.2 Å². The third-order valence-electron chi connectivity index (χ3n) is 4.09. The van der Waals surface area contributed by atoms with Crippen LogP contribution in [0, 0.1) is 0 Å².